The summed E-state index contributed by atoms with van der Waals surface area (Å²) < 4.78 is 0. The summed E-state index contributed by atoms with van der Waals surface area (Å²) in [6, 6.07) is 30.7. The lowest BCUT2D eigenvalue weighted by molar-refractivity contribution is -0.384. The molecule has 4 aromatic rings. The first-order chi connectivity index (χ1) is 13.6. The maximum atomic E-state index is 11.7. The van der Waals surface area contributed by atoms with Crippen molar-refractivity contribution in [1.29, 1.82) is 0 Å². The van der Waals surface area contributed by atoms with Gasteiger partial charge in [0.15, 0.2) is 0 Å². The van der Waals surface area contributed by atoms with E-state index in [1.54, 1.807) is 12.1 Å². The molecule has 0 amide bonds. The fraction of sp³-hybridized carbons (Fsp3) is 0. The summed E-state index contributed by atoms with van der Waals surface area (Å²) >= 11 is 6.03. The Hall–Kier alpha value is -3.43. The number of rotatable bonds is 4. The van der Waals surface area contributed by atoms with Crippen LogP contribution in [-0.2, 0) is 0 Å². The van der Waals surface area contributed by atoms with E-state index in [9.17, 15) is 10.1 Å². The van der Waals surface area contributed by atoms with Crippen LogP contribution in [0.15, 0.2) is 97.1 Å². The molecule has 0 N–H and O–H groups in total. The van der Waals surface area contributed by atoms with Crippen LogP contribution in [0.25, 0.3) is 33.4 Å². The Morgan fingerprint density at radius 1 is 0.607 bits per heavy atom. The average Bonchev–Trinajstić information content (AvgIpc) is 2.74. The van der Waals surface area contributed by atoms with Gasteiger partial charge in [0.1, 0.15) is 0 Å². The van der Waals surface area contributed by atoms with Crippen LogP contribution in [0, 0.1) is 10.1 Å². The van der Waals surface area contributed by atoms with Gasteiger partial charge in [0.2, 0.25) is 0 Å². The van der Waals surface area contributed by atoms with Gasteiger partial charge in [-0.1, -0.05) is 84.4 Å². The van der Waals surface area contributed by atoms with Gasteiger partial charge >= 0.3 is 0 Å². The van der Waals surface area contributed by atoms with Crippen molar-refractivity contribution >= 4 is 17.3 Å². The third kappa shape index (κ3) is 3.53. The van der Waals surface area contributed by atoms with E-state index in [1.165, 1.54) is 6.07 Å². The van der Waals surface area contributed by atoms with Crippen LogP contribution >= 0.6 is 11.6 Å². The van der Waals surface area contributed by atoms with Crippen molar-refractivity contribution in [1.82, 2.24) is 0 Å². The highest BCUT2D eigenvalue weighted by atomic mass is 35.5. The highest BCUT2D eigenvalue weighted by Gasteiger charge is 2.19. The standard InChI is InChI=1S/C24H16ClNO2/c25-20-12-14-22(24(16-20)26(27)28)23-15-19(17-7-3-1-4-8-17)11-13-21(23)18-9-5-2-6-10-18/h1-16H. The second-order valence-corrected chi connectivity index (χ2v) is 6.85. The van der Waals surface area contributed by atoms with Gasteiger partial charge in [0.05, 0.1) is 10.5 Å². The Morgan fingerprint density at radius 2 is 1.21 bits per heavy atom. The van der Waals surface area contributed by atoms with Crippen molar-refractivity contribution in [2.75, 3.05) is 0 Å². The van der Waals surface area contributed by atoms with Crippen molar-refractivity contribution in [3.05, 3.63) is 112 Å². The average molecular weight is 386 g/mol. The maximum absolute atomic E-state index is 11.7. The first kappa shape index (κ1) is 18.0. The molecule has 0 aliphatic heterocycles. The first-order valence-electron chi connectivity index (χ1n) is 8.83. The summed E-state index contributed by atoms with van der Waals surface area (Å²) in [6.07, 6.45) is 0. The molecule has 28 heavy (non-hydrogen) atoms. The highest BCUT2D eigenvalue weighted by Crippen LogP contribution is 2.40. The largest absolute Gasteiger partial charge is 0.278 e. The number of hydrogen-bond acceptors (Lipinski definition) is 2. The maximum Gasteiger partial charge on any atom is 0.278 e. The Balaban J connectivity index is 1.99. The third-order valence-corrected chi connectivity index (χ3v) is 4.89. The molecule has 0 unspecified atom stereocenters. The predicted octanol–water partition coefficient (Wildman–Crippen LogP) is 7.25. The van der Waals surface area contributed by atoms with E-state index >= 15 is 0 Å². The van der Waals surface area contributed by atoms with Crippen LogP contribution in [0.3, 0.4) is 0 Å². The lowest BCUT2D eigenvalue weighted by atomic mass is 9.90. The Labute approximate surface area is 168 Å². The van der Waals surface area contributed by atoms with Crippen LogP contribution in [0.1, 0.15) is 0 Å². The van der Waals surface area contributed by atoms with Gasteiger partial charge in [-0.05, 0) is 46.0 Å². The quantitative estimate of drug-likeness (QED) is 0.274. The molecule has 0 heterocycles. The summed E-state index contributed by atoms with van der Waals surface area (Å²) in [5.41, 5.74) is 5.34. The molecular weight excluding hydrogens is 370 g/mol. The number of hydrogen-bond donors (Lipinski definition) is 0. The molecule has 4 aromatic carbocycles. The topological polar surface area (TPSA) is 43.1 Å². The molecule has 0 saturated carbocycles. The molecule has 0 aliphatic carbocycles. The lowest BCUT2D eigenvalue weighted by Crippen LogP contribution is -1.94. The zero-order valence-corrected chi connectivity index (χ0v) is 15.6. The zero-order chi connectivity index (χ0) is 19.5. The molecule has 0 atom stereocenters. The van der Waals surface area contributed by atoms with Gasteiger partial charge in [0, 0.05) is 11.1 Å². The van der Waals surface area contributed by atoms with Crippen molar-refractivity contribution in [2.24, 2.45) is 0 Å². The second kappa shape index (κ2) is 7.67. The summed E-state index contributed by atoms with van der Waals surface area (Å²) in [5.74, 6) is 0. The smallest absolute Gasteiger partial charge is 0.258 e. The number of nitro groups is 1. The first-order valence-corrected chi connectivity index (χ1v) is 9.20. The third-order valence-electron chi connectivity index (χ3n) is 4.66. The van der Waals surface area contributed by atoms with E-state index in [-0.39, 0.29) is 10.6 Å². The van der Waals surface area contributed by atoms with Crippen LogP contribution < -0.4 is 0 Å². The van der Waals surface area contributed by atoms with Crippen LogP contribution in [-0.4, -0.2) is 4.92 Å². The Morgan fingerprint density at radius 3 is 1.86 bits per heavy atom. The SMILES string of the molecule is O=[N+]([O-])c1cc(Cl)ccc1-c1cc(-c2ccccc2)ccc1-c1ccccc1. The molecule has 0 fully saturated rings. The fourth-order valence-corrected chi connectivity index (χ4v) is 3.50. The van der Waals surface area contributed by atoms with E-state index in [0.717, 1.165) is 27.8 Å². The summed E-state index contributed by atoms with van der Waals surface area (Å²) in [5, 5.41) is 12.0. The molecule has 0 bridgehead atoms. The Bertz CT molecular complexity index is 1140. The molecule has 0 spiro atoms. The number of nitrogens with zero attached hydrogens (tertiary/aromatic N) is 1. The van der Waals surface area contributed by atoms with E-state index in [1.807, 2.05) is 78.9 Å². The summed E-state index contributed by atoms with van der Waals surface area (Å²) in [7, 11) is 0. The molecule has 0 aromatic heterocycles. The van der Waals surface area contributed by atoms with Crippen LogP contribution in [0.5, 0.6) is 0 Å². The molecule has 3 nitrogen and oxygen atoms in total. The molecule has 0 aliphatic rings. The van der Waals surface area contributed by atoms with Gasteiger partial charge in [-0.2, -0.15) is 0 Å². The minimum absolute atomic E-state index is 0.00473. The van der Waals surface area contributed by atoms with Crippen molar-refractivity contribution in [3.63, 3.8) is 0 Å². The van der Waals surface area contributed by atoms with E-state index < -0.39 is 0 Å². The number of nitro benzene ring substituents is 1. The zero-order valence-electron chi connectivity index (χ0n) is 14.9. The highest BCUT2D eigenvalue weighted by molar-refractivity contribution is 6.31. The normalized spacial score (nSPS) is 10.6. The van der Waals surface area contributed by atoms with Gasteiger partial charge in [0.25, 0.3) is 5.69 Å². The van der Waals surface area contributed by atoms with Crippen molar-refractivity contribution in [3.8, 4) is 33.4 Å². The monoisotopic (exact) mass is 385 g/mol. The fourth-order valence-electron chi connectivity index (χ4n) is 3.33. The van der Waals surface area contributed by atoms with Gasteiger partial charge in [-0.3, -0.25) is 10.1 Å². The second-order valence-electron chi connectivity index (χ2n) is 6.41. The van der Waals surface area contributed by atoms with Crippen LogP contribution in [0.4, 0.5) is 5.69 Å². The summed E-state index contributed by atoms with van der Waals surface area (Å²) in [4.78, 5) is 11.3. The van der Waals surface area contributed by atoms with E-state index in [4.69, 9.17) is 11.6 Å². The van der Waals surface area contributed by atoms with E-state index in [0.29, 0.717) is 10.6 Å². The lowest BCUT2D eigenvalue weighted by Gasteiger charge is -2.13. The van der Waals surface area contributed by atoms with Gasteiger partial charge in [-0.25, -0.2) is 0 Å². The van der Waals surface area contributed by atoms with Crippen molar-refractivity contribution in [2.45, 2.75) is 0 Å². The molecule has 4 heteroatoms. The van der Waals surface area contributed by atoms with Crippen molar-refractivity contribution < 1.29 is 4.92 Å². The van der Waals surface area contributed by atoms with Crippen LogP contribution in [0.2, 0.25) is 5.02 Å². The molecule has 0 saturated heterocycles. The van der Waals surface area contributed by atoms with E-state index in [2.05, 4.69) is 0 Å². The number of benzene rings is 4. The van der Waals surface area contributed by atoms with Gasteiger partial charge < -0.3 is 0 Å². The summed E-state index contributed by atoms with van der Waals surface area (Å²) in [6.45, 7) is 0. The molecule has 4 rings (SSSR count). The predicted molar refractivity (Wildman–Crippen MR) is 114 cm³/mol. The minimum Gasteiger partial charge on any atom is -0.258 e. The minimum atomic E-state index is -0.384. The molecular formula is C24H16ClNO2. The Kier molecular flexibility index (Phi) is 4.92. The molecule has 0 radical (unpaired) electrons. The van der Waals surface area contributed by atoms with Gasteiger partial charge in [-0.15, -0.1) is 0 Å². The number of halogens is 1. The molecule has 136 valence electrons.